The number of nitrogens with one attached hydrogen (secondary N) is 1. The van der Waals surface area contributed by atoms with E-state index in [0.29, 0.717) is 0 Å². The van der Waals surface area contributed by atoms with Crippen molar-refractivity contribution in [3.8, 4) is 5.75 Å². The van der Waals surface area contributed by atoms with E-state index < -0.39 is 10.0 Å². The number of hydrogen-bond acceptors (Lipinski definition) is 4. The largest absolute Gasteiger partial charge is 0.492 e. The minimum Gasteiger partial charge on any atom is -0.492 e. The molecule has 0 heterocycles. The number of aryl methyl sites for hydroxylation is 1. The Morgan fingerprint density at radius 1 is 1.39 bits per heavy atom. The van der Waals surface area contributed by atoms with Crippen LogP contribution in [0.25, 0.3) is 0 Å². The fourth-order valence-electron chi connectivity index (χ4n) is 1.40. The summed E-state index contributed by atoms with van der Waals surface area (Å²) in [5, 5.41) is 8.56. The maximum Gasteiger partial charge on any atom is 0.211 e. The van der Waals surface area contributed by atoms with Crippen LogP contribution in [0, 0.1) is 6.92 Å². The lowest BCUT2D eigenvalue weighted by Gasteiger charge is -2.08. The molecule has 0 aliphatic heterocycles. The van der Waals surface area contributed by atoms with Crippen molar-refractivity contribution in [3.63, 3.8) is 0 Å². The van der Waals surface area contributed by atoms with Gasteiger partial charge < -0.3 is 9.84 Å². The van der Waals surface area contributed by atoms with E-state index in [1.165, 1.54) is 0 Å². The molecule has 102 valence electrons. The zero-order valence-corrected chi connectivity index (χ0v) is 11.2. The van der Waals surface area contributed by atoms with Crippen molar-refractivity contribution >= 4 is 10.0 Å². The predicted molar refractivity (Wildman–Crippen MR) is 70.2 cm³/mol. The molecule has 1 rings (SSSR count). The van der Waals surface area contributed by atoms with Gasteiger partial charge in [-0.05, 0) is 31.0 Å². The normalized spacial score (nSPS) is 11.4. The van der Waals surface area contributed by atoms with Gasteiger partial charge in [0.2, 0.25) is 10.0 Å². The van der Waals surface area contributed by atoms with Crippen molar-refractivity contribution < 1.29 is 18.3 Å². The van der Waals surface area contributed by atoms with Crippen LogP contribution in [0.15, 0.2) is 24.3 Å². The summed E-state index contributed by atoms with van der Waals surface area (Å²) in [6.45, 7) is 2.34. The van der Waals surface area contributed by atoms with Crippen molar-refractivity contribution in [3.05, 3.63) is 29.8 Å². The highest BCUT2D eigenvalue weighted by atomic mass is 32.2. The summed E-state index contributed by atoms with van der Waals surface area (Å²) in [6, 6.07) is 7.56. The topological polar surface area (TPSA) is 75.6 Å². The van der Waals surface area contributed by atoms with Gasteiger partial charge in [0.25, 0.3) is 0 Å². The number of aliphatic hydroxyl groups excluding tert-OH is 1. The maximum atomic E-state index is 11.4. The molecule has 0 unspecified atom stereocenters. The van der Waals surface area contributed by atoms with Crippen LogP contribution in [0.3, 0.4) is 0 Å². The van der Waals surface area contributed by atoms with E-state index in [-0.39, 0.29) is 31.9 Å². The number of ether oxygens (including phenoxy) is 1. The van der Waals surface area contributed by atoms with Crippen LogP contribution in [-0.2, 0) is 10.0 Å². The number of hydrogen-bond donors (Lipinski definition) is 2. The van der Waals surface area contributed by atoms with Crippen molar-refractivity contribution in [2.75, 3.05) is 25.5 Å². The molecule has 18 heavy (non-hydrogen) atoms. The summed E-state index contributed by atoms with van der Waals surface area (Å²) >= 11 is 0. The molecule has 0 bridgehead atoms. The molecule has 0 spiro atoms. The minimum absolute atomic E-state index is 0.0616. The minimum atomic E-state index is -3.30. The van der Waals surface area contributed by atoms with Crippen LogP contribution in [0.5, 0.6) is 5.75 Å². The van der Waals surface area contributed by atoms with Crippen molar-refractivity contribution in [1.29, 1.82) is 0 Å². The lowest BCUT2D eigenvalue weighted by atomic mass is 10.2. The second-order valence-corrected chi connectivity index (χ2v) is 5.88. The lowest BCUT2D eigenvalue weighted by Crippen LogP contribution is -2.30. The number of benzene rings is 1. The first kappa shape index (κ1) is 14.9. The van der Waals surface area contributed by atoms with E-state index in [1.807, 2.05) is 31.2 Å². The quantitative estimate of drug-likeness (QED) is 0.683. The monoisotopic (exact) mass is 273 g/mol. The van der Waals surface area contributed by atoms with E-state index in [2.05, 4.69) is 4.72 Å². The van der Waals surface area contributed by atoms with Crippen LogP contribution in [0.2, 0.25) is 0 Å². The Balaban J connectivity index is 2.26. The van der Waals surface area contributed by atoms with Gasteiger partial charge in [0.15, 0.2) is 0 Å². The van der Waals surface area contributed by atoms with E-state index in [0.717, 1.165) is 11.3 Å². The van der Waals surface area contributed by atoms with Gasteiger partial charge in [-0.1, -0.05) is 12.1 Å². The van der Waals surface area contributed by atoms with Crippen LogP contribution >= 0.6 is 0 Å². The SMILES string of the molecule is Cc1cccc(OCCNS(=O)(=O)CCCO)c1. The first-order valence-corrected chi connectivity index (χ1v) is 7.46. The summed E-state index contributed by atoms with van der Waals surface area (Å²) < 4.78 is 30.6. The molecule has 1 aromatic carbocycles. The molecule has 5 nitrogen and oxygen atoms in total. The Morgan fingerprint density at radius 2 is 2.17 bits per heavy atom. The Labute approximate surface area is 108 Å². The highest BCUT2D eigenvalue weighted by Crippen LogP contribution is 2.11. The van der Waals surface area contributed by atoms with Gasteiger partial charge in [-0.2, -0.15) is 0 Å². The Bertz CT molecular complexity index is 459. The number of sulfonamides is 1. The third-order valence-electron chi connectivity index (χ3n) is 2.25. The van der Waals surface area contributed by atoms with Crippen LogP contribution in [0.1, 0.15) is 12.0 Å². The molecular weight excluding hydrogens is 254 g/mol. The Kier molecular flexibility index (Phi) is 6.11. The van der Waals surface area contributed by atoms with Crippen molar-refractivity contribution in [1.82, 2.24) is 4.72 Å². The van der Waals surface area contributed by atoms with Gasteiger partial charge >= 0.3 is 0 Å². The van der Waals surface area contributed by atoms with Crippen molar-refractivity contribution in [2.24, 2.45) is 0 Å². The first-order valence-electron chi connectivity index (χ1n) is 5.81. The van der Waals surface area contributed by atoms with Gasteiger partial charge in [-0.15, -0.1) is 0 Å². The molecule has 0 radical (unpaired) electrons. The fourth-order valence-corrected chi connectivity index (χ4v) is 2.45. The van der Waals surface area contributed by atoms with Gasteiger partial charge in [-0.3, -0.25) is 0 Å². The first-order chi connectivity index (χ1) is 8.53. The van der Waals surface area contributed by atoms with Gasteiger partial charge in [0.05, 0.1) is 5.75 Å². The standard InChI is InChI=1S/C12H19NO4S/c1-11-4-2-5-12(10-11)17-8-6-13-18(15,16)9-3-7-14/h2,4-5,10,13-14H,3,6-9H2,1H3. The van der Waals surface area contributed by atoms with E-state index in [9.17, 15) is 8.42 Å². The molecule has 0 saturated carbocycles. The number of aliphatic hydroxyl groups is 1. The summed E-state index contributed by atoms with van der Waals surface area (Å²) in [5.74, 6) is 0.665. The molecule has 0 fully saturated rings. The van der Waals surface area contributed by atoms with Crippen LogP contribution < -0.4 is 9.46 Å². The third-order valence-corrected chi connectivity index (χ3v) is 3.72. The number of rotatable bonds is 8. The fraction of sp³-hybridized carbons (Fsp3) is 0.500. The van der Waals surface area contributed by atoms with Crippen LogP contribution in [0.4, 0.5) is 0 Å². The van der Waals surface area contributed by atoms with Crippen molar-refractivity contribution in [2.45, 2.75) is 13.3 Å². The molecular formula is C12H19NO4S. The predicted octanol–water partition coefficient (Wildman–Crippen LogP) is 0.676. The zero-order chi connectivity index (χ0) is 13.4. The molecule has 0 aliphatic carbocycles. The van der Waals surface area contributed by atoms with E-state index in [4.69, 9.17) is 9.84 Å². The molecule has 0 atom stereocenters. The molecule has 2 N–H and O–H groups in total. The summed E-state index contributed by atoms with van der Waals surface area (Å²) in [7, 11) is -3.30. The molecule has 6 heteroatoms. The second kappa shape index (κ2) is 7.35. The van der Waals surface area contributed by atoms with E-state index in [1.54, 1.807) is 0 Å². The average Bonchev–Trinajstić information content (AvgIpc) is 2.32. The average molecular weight is 273 g/mol. The molecule has 1 aromatic rings. The summed E-state index contributed by atoms with van der Waals surface area (Å²) in [5.41, 5.74) is 1.09. The molecule has 0 amide bonds. The highest BCUT2D eigenvalue weighted by Gasteiger charge is 2.08. The summed E-state index contributed by atoms with van der Waals surface area (Å²) in [6.07, 6.45) is 0.244. The van der Waals surface area contributed by atoms with Gasteiger partial charge in [-0.25, -0.2) is 13.1 Å². The van der Waals surface area contributed by atoms with Gasteiger partial charge in [0.1, 0.15) is 12.4 Å². The molecule has 0 aromatic heterocycles. The third kappa shape index (κ3) is 6.00. The highest BCUT2D eigenvalue weighted by molar-refractivity contribution is 7.89. The van der Waals surface area contributed by atoms with Crippen LogP contribution in [-0.4, -0.2) is 39.0 Å². The maximum absolute atomic E-state index is 11.4. The molecule has 0 saturated heterocycles. The van der Waals surface area contributed by atoms with E-state index >= 15 is 0 Å². The smallest absolute Gasteiger partial charge is 0.211 e. The molecule has 0 aliphatic rings. The second-order valence-electron chi connectivity index (χ2n) is 3.96. The lowest BCUT2D eigenvalue weighted by molar-refractivity contribution is 0.295. The zero-order valence-electron chi connectivity index (χ0n) is 10.4. The van der Waals surface area contributed by atoms with Gasteiger partial charge in [0, 0.05) is 13.2 Å². The Hall–Kier alpha value is -1.11. The summed E-state index contributed by atoms with van der Waals surface area (Å²) in [4.78, 5) is 0. The Morgan fingerprint density at radius 3 is 2.83 bits per heavy atom.